The van der Waals surface area contributed by atoms with Crippen molar-refractivity contribution >= 4 is 23.7 Å². The molecule has 1 unspecified atom stereocenters. The molecule has 0 fully saturated rings. The number of hydrogen-bond donors (Lipinski definition) is 0. The number of amides is 3. The summed E-state index contributed by atoms with van der Waals surface area (Å²) in [4.78, 5) is 54.3. The fourth-order valence-corrected chi connectivity index (χ4v) is 4.14. The van der Waals surface area contributed by atoms with Crippen LogP contribution in [0.3, 0.4) is 0 Å². The number of ether oxygens (including phenoxy) is 3. The lowest BCUT2D eigenvalue weighted by molar-refractivity contribution is -0.155. The molecule has 3 amide bonds. The van der Waals surface area contributed by atoms with Gasteiger partial charge in [0.1, 0.15) is 6.04 Å². The predicted octanol–water partition coefficient (Wildman–Crippen LogP) is 3.31. The Morgan fingerprint density at radius 3 is 2.08 bits per heavy atom. The van der Waals surface area contributed by atoms with E-state index in [-0.39, 0.29) is 30.0 Å². The van der Waals surface area contributed by atoms with Gasteiger partial charge in [-0.05, 0) is 49.1 Å². The van der Waals surface area contributed by atoms with Crippen LogP contribution in [0.15, 0.2) is 42.5 Å². The van der Waals surface area contributed by atoms with Crippen molar-refractivity contribution in [2.24, 2.45) is 5.92 Å². The maximum Gasteiger partial charge on any atom is 0.329 e. The summed E-state index contributed by atoms with van der Waals surface area (Å²) in [5.74, 6) is -1.13. The average Bonchev–Trinajstić information content (AvgIpc) is 3.13. The van der Waals surface area contributed by atoms with Crippen LogP contribution in [-0.4, -0.2) is 66.9 Å². The molecule has 1 aliphatic rings. The third-order valence-corrected chi connectivity index (χ3v) is 6.00. The number of carbonyl (C=O) groups is 4. The monoisotopic (exact) mass is 496 g/mol. The molecule has 1 aliphatic heterocycles. The van der Waals surface area contributed by atoms with E-state index in [0.717, 1.165) is 10.5 Å². The largest absolute Gasteiger partial charge is 0.493 e. The van der Waals surface area contributed by atoms with Crippen molar-refractivity contribution in [3.05, 3.63) is 59.2 Å². The Morgan fingerprint density at radius 2 is 1.56 bits per heavy atom. The second-order valence-electron chi connectivity index (χ2n) is 8.88. The van der Waals surface area contributed by atoms with Gasteiger partial charge in [0.2, 0.25) is 0 Å². The van der Waals surface area contributed by atoms with Crippen LogP contribution in [0.2, 0.25) is 0 Å². The number of benzene rings is 2. The Balaban J connectivity index is 1.69. The molecule has 0 saturated heterocycles. The van der Waals surface area contributed by atoms with Crippen molar-refractivity contribution in [1.29, 1.82) is 0 Å². The summed E-state index contributed by atoms with van der Waals surface area (Å²) in [6.07, 6.45) is 0.224. The van der Waals surface area contributed by atoms with Crippen molar-refractivity contribution in [1.82, 2.24) is 9.80 Å². The molecule has 0 saturated carbocycles. The number of nitrogens with zero attached hydrogens (tertiary/aromatic N) is 2. The van der Waals surface area contributed by atoms with Gasteiger partial charge in [0, 0.05) is 13.1 Å². The van der Waals surface area contributed by atoms with Crippen molar-refractivity contribution < 1.29 is 33.4 Å². The molecule has 1 atom stereocenters. The number of methoxy groups -OCH3 is 2. The highest BCUT2D eigenvalue weighted by atomic mass is 16.5. The molecule has 9 nitrogen and oxygen atoms in total. The molecule has 1 heterocycles. The van der Waals surface area contributed by atoms with E-state index >= 15 is 0 Å². The van der Waals surface area contributed by atoms with Crippen LogP contribution in [0.5, 0.6) is 11.5 Å². The summed E-state index contributed by atoms with van der Waals surface area (Å²) in [6, 6.07) is 10.7. The molecule has 0 bridgehead atoms. The molecule has 0 spiro atoms. The minimum Gasteiger partial charge on any atom is -0.493 e. The van der Waals surface area contributed by atoms with E-state index in [2.05, 4.69) is 0 Å². The second-order valence-corrected chi connectivity index (χ2v) is 8.88. The molecule has 2 aromatic carbocycles. The van der Waals surface area contributed by atoms with Gasteiger partial charge < -0.3 is 19.1 Å². The predicted molar refractivity (Wildman–Crippen MR) is 132 cm³/mol. The Hall–Kier alpha value is -3.88. The second kappa shape index (κ2) is 11.7. The minimum atomic E-state index is -1.12. The maximum atomic E-state index is 13.1. The Labute approximate surface area is 210 Å². The van der Waals surface area contributed by atoms with Crippen molar-refractivity contribution in [2.75, 3.05) is 27.4 Å². The lowest BCUT2D eigenvalue weighted by Crippen LogP contribution is -2.47. The zero-order valence-corrected chi connectivity index (χ0v) is 21.3. The molecule has 3 rings (SSSR count). The summed E-state index contributed by atoms with van der Waals surface area (Å²) in [5, 5.41) is 0. The van der Waals surface area contributed by atoms with Gasteiger partial charge in [0.25, 0.3) is 17.7 Å². The van der Waals surface area contributed by atoms with Gasteiger partial charge in [-0.25, -0.2) is 4.79 Å². The standard InChI is InChI=1S/C27H32N2O7/c1-6-28(15-18-11-12-22(34-4)23(14-18)35-5)24(30)16-36-27(33)21(13-17(2)3)29-25(31)19-9-7-8-10-20(19)26(29)32/h7-12,14,17,21H,6,13,15-16H2,1-5H3. The van der Waals surface area contributed by atoms with E-state index in [9.17, 15) is 19.2 Å². The van der Waals surface area contributed by atoms with Crippen molar-refractivity contribution in [2.45, 2.75) is 39.8 Å². The number of fused-ring (bicyclic) bond motifs is 1. The first-order valence-corrected chi connectivity index (χ1v) is 11.8. The third kappa shape index (κ3) is 5.67. The highest BCUT2D eigenvalue weighted by Gasteiger charge is 2.43. The quantitative estimate of drug-likeness (QED) is 0.347. The molecule has 0 radical (unpaired) electrons. The van der Waals surface area contributed by atoms with E-state index in [1.54, 1.807) is 43.5 Å². The van der Waals surface area contributed by atoms with Gasteiger partial charge in [0.05, 0.1) is 25.3 Å². The SMILES string of the molecule is CCN(Cc1ccc(OC)c(OC)c1)C(=O)COC(=O)C(CC(C)C)N1C(=O)c2ccccc2C1=O. The fraction of sp³-hybridized carbons (Fsp3) is 0.407. The zero-order valence-electron chi connectivity index (χ0n) is 21.3. The molecule has 0 N–H and O–H groups in total. The summed E-state index contributed by atoms with van der Waals surface area (Å²) >= 11 is 0. The number of hydrogen-bond acceptors (Lipinski definition) is 7. The Kier molecular flexibility index (Phi) is 8.68. The van der Waals surface area contributed by atoms with E-state index in [4.69, 9.17) is 14.2 Å². The summed E-state index contributed by atoms with van der Waals surface area (Å²) < 4.78 is 15.9. The summed E-state index contributed by atoms with van der Waals surface area (Å²) in [7, 11) is 3.08. The first kappa shape index (κ1) is 26.7. The molecule has 36 heavy (non-hydrogen) atoms. The summed E-state index contributed by atoms with van der Waals surface area (Å²) in [5.41, 5.74) is 1.33. The fourth-order valence-electron chi connectivity index (χ4n) is 4.14. The van der Waals surface area contributed by atoms with Crippen LogP contribution < -0.4 is 9.47 Å². The lowest BCUT2D eigenvalue weighted by atomic mass is 10.0. The van der Waals surface area contributed by atoms with Crippen molar-refractivity contribution in [3.63, 3.8) is 0 Å². The van der Waals surface area contributed by atoms with Gasteiger partial charge in [-0.15, -0.1) is 0 Å². The summed E-state index contributed by atoms with van der Waals surface area (Å²) in [6.45, 7) is 5.75. The molecule has 0 aromatic heterocycles. The van der Waals surface area contributed by atoms with E-state index in [0.29, 0.717) is 18.0 Å². The van der Waals surface area contributed by atoms with Crippen molar-refractivity contribution in [3.8, 4) is 11.5 Å². The van der Waals surface area contributed by atoms with Crippen LogP contribution in [0.1, 0.15) is 53.5 Å². The highest BCUT2D eigenvalue weighted by molar-refractivity contribution is 6.22. The number of likely N-dealkylation sites (N-methyl/N-ethyl adjacent to an activating group) is 1. The van der Waals surface area contributed by atoms with Crippen LogP contribution in [0, 0.1) is 5.92 Å². The number of carbonyl (C=O) groups excluding carboxylic acids is 4. The Morgan fingerprint density at radius 1 is 0.944 bits per heavy atom. The molecule has 9 heteroatoms. The average molecular weight is 497 g/mol. The topological polar surface area (TPSA) is 102 Å². The van der Waals surface area contributed by atoms with Crippen LogP contribution in [-0.2, 0) is 20.9 Å². The molecular weight excluding hydrogens is 464 g/mol. The van der Waals surface area contributed by atoms with E-state index in [1.807, 2.05) is 26.8 Å². The molecule has 2 aromatic rings. The number of esters is 1. The third-order valence-electron chi connectivity index (χ3n) is 6.00. The normalized spacial score (nSPS) is 13.4. The van der Waals surface area contributed by atoms with Gasteiger partial charge in [-0.2, -0.15) is 0 Å². The molecule has 192 valence electrons. The smallest absolute Gasteiger partial charge is 0.329 e. The van der Waals surface area contributed by atoms with E-state index < -0.39 is 36.3 Å². The van der Waals surface area contributed by atoms with Gasteiger partial charge in [0.15, 0.2) is 18.1 Å². The first-order valence-electron chi connectivity index (χ1n) is 11.8. The molecular formula is C27H32N2O7. The number of rotatable bonds is 11. The lowest BCUT2D eigenvalue weighted by Gasteiger charge is -2.26. The first-order chi connectivity index (χ1) is 17.2. The minimum absolute atomic E-state index is 0.000226. The van der Waals surface area contributed by atoms with Gasteiger partial charge in [-0.3, -0.25) is 19.3 Å². The van der Waals surface area contributed by atoms with Crippen LogP contribution in [0.25, 0.3) is 0 Å². The maximum absolute atomic E-state index is 13.1. The van der Waals surface area contributed by atoms with Crippen LogP contribution in [0.4, 0.5) is 0 Å². The van der Waals surface area contributed by atoms with E-state index in [1.165, 1.54) is 12.0 Å². The Bertz CT molecular complexity index is 1110. The van der Waals surface area contributed by atoms with Gasteiger partial charge in [-0.1, -0.05) is 32.0 Å². The zero-order chi connectivity index (χ0) is 26.4. The molecule has 0 aliphatic carbocycles. The van der Waals surface area contributed by atoms with Crippen LogP contribution >= 0.6 is 0 Å². The number of imide groups is 1. The van der Waals surface area contributed by atoms with Gasteiger partial charge >= 0.3 is 5.97 Å². The highest BCUT2D eigenvalue weighted by Crippen LogP contribution is 2.29.